The molecule has 41 heavy (non-hydrogen) atoms. The number of piperidine rings is 1. The number of likely N-dealkylation sites (N-methyl/N-ethyl adjacent to an activating group) is 1. The minimum atomic E-state index is -1.15. The molecule has 5 nitrogen and oxygen atoms in total. The highest BCUT2D eigenvalue weighted by atomic mass is 16.2. The van der Waals surface area contributed by atoms with Crippen molar-refractivity contribution in [2.45, 2.75) is 18.0 Å². The fourth-order valence-electron chi connectivity index (χ4n) is 7.74. The van der Waals surface area contributed by atoms with Crippen LogP contribution in [0.1, 0.15) is 28.2 Å². The molecule has 5 heteroatoms. The average molecular weight is 540 g/mol. The van der Waals surface area contributed by atoms with Crippen molar-refractivity contribution < 1.29 is 9.59 Å². The number of ketones is 1. The van der Waals surface area contributed by atoms with Gasteiger partial charge in [0.1, 0.15) is 5.54 Å². The van der Waals surface area contributed by atoms with E-state index in [0.29, 0.717) is 26.2 Å². The third-order valence-corrected chi connectivity index (χ3v) is 9.32. The summed E-state index contributed by atoms with van der Waals surface area (Å²) < 4.78 is 0. The Kier molecular flexibility index (Phi) is 6.22. The molecule has 0 aliphatic carbocycles. The van der Waals surface area contributed by atoms with Crippen LogP contribution in [0, 0.1) is 5.41 Å². The lowest BCUT2D eigenvalue weighted by Gasteiger charge is -2.51. The summed E-state index contributed by atoms with van der Waals surface area (Å²) >= 11 is 0. The van der Waals surface area contributed by atoms with E-state index in [-0.39, 0.29) is 17.6 Å². The molecule has 3 aliphatic heterocycles. The van der Waals surface area contributed by atoms with Crippen LogP contribution in [0.4, 0.5) is 5.69 Å². The fraction of sp³-hybridized carbons (Fsp3) is 0.222. The van der Waals surface area contributed by atoms with Crippen molar-refractivity contribution in [3.05, 3.63) is 143 Å². The van der Waals surface area contributed by atoms with Gasteiger partial charge in [0.15, 0.2) is 5.78 Å². The molecule has 2 saturated heterocycles. The van der Waals surface area contributed by atoms with Gasteiger partial charge >= 0.3 is 0 Å². The largest absolute Gasteiger partial charge is 0.324 e. The number of carbonyl (C=O) groups is 2. The van der Waals surface area contributed by atoms with Crippen LogP contribution in [-0.2, 0) is 21.7 Å². The predicted octanol–water partition coefficient (Wildman–Crippen LogP) is 5.72. The summed E-state index contributed by atoms with van der Waals surface area (Å²) in [6.07, 6.45) is 2.04. The average Bonchev–Trinajstić information content (AvgIpc) is 3.45. The van der Waals surface area contributed by atoms with E-state index in [2.05, 4.69) is 51.5 Å². The van der Waals surface area contributed by atoms with E-state index in [1.807, 2.05) is 92.0 Å². The van der Waals surface area contributed by atoms with E-state index in [1.54, 1.807) is 0 Å². The van der Waals surface area contributed by atoms with E-state index in [4.69, 9.17) is 0 Å². The summed E-state index contributed by atoms with van der Waals surface area (Å²) in [7, 11) is 2.01. The molecule has 2 spiro atoms. The molecule has 4 aromatic rings. The highest BCUT2D eigenvalue weighted by Gasteiger charge is 2.74. The van der Waals surface area contributed by atoms with Crippen LogP contribution in [-0.4, -0.2) is 48.2 Å². The fourth-order valence-corrected chi connectivity index (χ4v) is 7.74. The summed E-state index contributed by atoms with van der Waals surface area (Å²) in [5.74, 6) is -0.236. The molecule has 3 aliphatic rings. The molecule has 0 unspecified atom stereocenters. The summed E-state index contributed by atoms with van der Waals surface area (Å²) in [6.45, 7) is 2.27. The first-order valence-corrected chi connectivity index (χ1v) is 14.3. The van der Waals surface area contributed by atoms with E-state index >= 15 is 4.79 Å². The molecule has 0 radical (unpaired) electrons. The Morgan fingerprint density at radius 3 is 2.20 bits per heavy atom. The number of nitrogens with zero attached hydrogens (tertiary/aromatic N) is 2. The van der Waals surface area contributed by atoms with Gasteiger partial charge < -0.3 is 5.32 Å². The van der Waals surface area contributed by atoms with Crippen LogP contribution >= 0.6 is 0 Å². The first-order chi connectivity index (χ1) is 20.0. The number of nitrogens with one attached hydrogen (secondary N) is 1. The number of fused-ring (bicyclic) bond motifs is 3. The number of anilines is 1. The molecular formula is C36H33N3O2. The second-order valence-corrected chi connectivity index (χ2v) is 11.6. The Balaban J connectivity index is 1.49. The van der Waals surface area contributed by atoms with Gasteiger partial charge in [0.2, 0.25) is 0 Å². The molecule has 0 bridgehead atoms. The normalized spacial score (nSPS) is 27.0. The van der Waals surface area contributed by atoms with Gasteiger partial charge in [0.25, 0.3) is 5.91 Å². The minimum Gasteiger partial charge on any atom is -0.324 e. The maximum atomic E-state index is 15.3. The Bertz CT molecular complexity index is 1640. The van der Waals surface area contributed by atoms with Gasteiger partial charge in [-0.3, -0.25) is 19.4 Å². The standard InChI is InChI=1S/C36H33N3O2/c1-38-24-31(28-17-9-4-10-18-28)35(36(38)30-19-11-12-20-32(30)37-34(36)41)25-39(22-27-15-7-3-8-16-27)23-29(33(35)40)21-26-13-5-2-6-14-26/h2-21,31H,22-25H2,1H3,(H,37,41)/b29-21+/t31-,35+,36+/m1/s1. The van der Waals surface area contributed by atoms with E-state index < -0.39 is 11.0 Å². The summed E-state index contributed by atoms with van der Waals surface area (Å²) in [4.78, 5) is 34.3. The Morgan fingerprint density at radius 2 is 1.46 bits per heavy atom. The third kappa shape index (κ3) is 3.84. The van der Waals surface area contributed by atoms with Crippen LogP contribution in [0.25, 0.3) is 6.08 Å². The number of benzene rings is 4. The Hall–Kier alpha value is -4.32. The van der Waals surface area contributed by atoms with Crippen molar-refractivity contribution in [1.82, 2.24) is 9.80 Å². The molecule has 2 fully saturated rings. The van der Waals surface area contributed by atoms with Crippen LogP contribution in [0.15, 0.2) is 121 Å². The van der Waals surface area contributed by atoms with Crippen LogP contribution < -0.4 is 5.32 Å². The van der Waals surface area contributed by atoms with E-state index in [9.17, 15) is 4.79 Å². The van der Waals surface area contributed by atoms with Gasteiger partial charge in [0.05, 0.1) is 5.41 Å². The number of hydrogen-bond donors (Lipinski definition) is 1. The molecule has 204 valence electrons. The number of Topliss-reactive ketones (excluding diaryl/α,β-unsaturated/α-hetero) is 1. The number of rotatable bonds is 4. The van der Waals surface area contributed by atoms with Crippen molar-refractivity contribution in [2.75, 3.05) is 32.0 Å². The topological polar surface area (TPSA) is 52.7 Å². The van der Waals surface area contributed by atoms with E-state index in [0.717, 1.165) is 28.0 Å². The highest BCUT2D eigenvalue weighted by Crippen LogP contribution is 2.64. The quantitative estimate of drug-likeness (QED) is 0.337. The van der Waals surface area contributed by atoms with Crippen LogP contribution in [0.5, 0.6) is 0 Å². The SMILES string of the molecule is CN1C[C@H](c2ccccc2)[C@]2(CN(Cc3ccccc3)C/C(=C\c3ccccc3)C2=O)[C@]12C(=O)Nc1ccccc12. The number of para-hydroxylation sites is 1. The third-order valence-electron chi connectivity index (χ3n) is 9.32. The zero-order valence-electron chi connectivity index (χ0n) is 23.2. The Labute approximate surface area is 241 Å². The first-order valence-electron chi connectivity index (χ1n) is 14.3. The lowest BCUT2D eigenvalue weighted by atomic mass is 9.56. The minimum absolute atomic E-state index is 0.0655. The van der Waals surface area contributed by atoms with Crippen molar-refractivity contribution in [3.63, 3.8) is 0 Å². The number of amides is 1. The molecule has 0 aromatic heterocycles. The zero-order chi connectivity index (χ0) is 28.0. The lowest BCUT2D eigenvalue weighted by molar-refractivity contribution is -0.147. The second kappa shape index (κ2) is 9.95. The summed E-state index contributed by atoms with van der Waals surface area (Å²) in [5.41, 5.74) is 3.48. The molecule has 1 amide bonds. The molecule has 3 heterocycles. The number of carbonyl (C=O) groups excluding carboxylic acids is 2. The smallest absolute Gasteiger partial charge is 0.250 e. The number of likely N-dealkylation sites (tertiary alicyclic amines) is 2. The molecule has 7 rings (SSSR count). The van der Waals surface area contributed by atoms with E-state index in [1.165, 1.54) is 5.56 Å². The van der Waals surface area contributed by atoms with Crippen molar-refractivity contribution in [3.8, 4) is 0 Å². The van der Waals surface area contributed by atoms with Crippen molar-refractivity contribution in [1.29, 1.82) is 0 Å². The summed E-state index contributed by atoms with van der Waals surface area (Å²) in [5, 5.41) is 3.18. The first kappa shape index (κ1) is 25.6. The molecule has 1 N–H and O–H groups in total. The van der Waals surface area contributed by atoms with Gasteiger partial charge in [-0.25, -0.2) is 0 Å². The lowest BCUT2D eigenvalue weighted by Crippen LogP contribution is -2.65. The maximum absolute atomic E-state index is 15.3. The van der Waals surface area contributed by atoms with Gasteiger partial charge in [0, 0.05) is 48.9 Å². The number of hydrogen-bond acceptors (Lipinski definition) is 4. The second-order valence-electron chi connectivity index (χ2n) is 11.6. The molecular weight excluding hydrogens is 506 g/mol. The van der Waals surface area contributed by atoms with Gasteiger partial charge in [-0.15, -0.1) is 0 Å². The highest BCUT2D eigenvalue weighted by molar-refractivity contribution is 6.15. The van der Waals surface area contributed by atoms with Gasteiger partial charge in [-0.2, -0.15) is 0 Å². The molecule has 0 saturated carbocycles. The van der Waals surface area contributed by atoms with Gasteiger partial charge in [-0.1, -0.05) is 109 Å². The predicted molar refractivity (Wildman–Crippen MR) is 162 cm³/mol. The van der Waals surface area contributed by atoms with Crippen LogP contribution in [0.2, 0.25) is 0 Å². The molecule has 4 aromatic carbocycles. The maximum Gasteiger partial charge on any atom is 0.250 e. The molecule has 3 atom stereocenters. The van der Waals surface area contributed by atoms with Crippen molar-refractivity contribution >= 4 is 23.5 Å². The Morgan fingerprint density at radius 1 is 0.829 bits per heavy atom. The van der Waals surface area contributed by atoms with Crippen LogP contribution in [0.3, 0.4) is 0 Å². The van der Waals surface area contributed by atoms with Crippen molar-refractivity contribution in [2.24, 2.45) is 5.41 Å². The monoisotopic (exact) mass is 539 g/mol. The zero-order valence-corrected chi connectivity index (χ0v) is 23.2. The summed E-state index contributed by atoms with van der Waals surface area (Å²) in [6, 6.07) is 38.7. The van der Waals surface area contributed by atoms with Gasteiger partial charge in [-0.05, 0) is 35.9 Å².